The molecule has 9 heteroatoms. The quantitative estimate of drug-likeness (QED) is 0.369. The summed E-state index contributed by atoms with van der Waals surface area (Å²) in [6.45, 7) is 9.01. The molecule has 0 saturated heterocycles. The molecular formula is C18H34N4O5. The zero-order chi connectivity index (χ0) is 19.7. The highest BCUT2D eigenvalue weighted by atomic mass is 16.5. The minimum Gasteiger partial charge on any atom is -0.379 e. The van der Waals surface area contributed by atoms with E-state index in [4.69, 9.17) is 24.7 Å². The van der Waals surface area contributed by atoms with E-state index in [0.717, 1.165) is 12.1 Å². The molecule has 0 aliphatic carbocycles. The van der Waals surface area contributed by atoms with Gasteiger partial charge in [-0.05, 0) is 6.42 Å². The number of carbonyl (C=O) groups is 1. The third-order valence-corrected chi connectivity index (χ3v) is 3.96. The summed E-state index contributed by atoms with van der Waals surface area (Å²) < 4.78 is 23.3. The molecule has 1 aromatic heterocycles. The van der Waals surface area contributed by atoms with Gasteiger partial charge in [-0.15, -0.1) is 5.10 Å². The second kappa shape index (κ2) is 15.6. The van der Waals surface area contributed by atoms with Crippen LogP contribution in [-0.4, -0.2) is 73.6 Å². The van der Waals surface area contributed by atoms with Crippen LogP contribution in [0.3, 0.4) is 0 Å². The first kappa shape index (κ1) is 23.6. The molecule has 0 amide bonds. The highest BCUT2D eigenvalue weighted by Gasteiger charge is 2.09. The van der Waals surface area contributed by atoms with Gasteiger partial charge in [0.15, 0.2) is 0 Å². The van der Waals surface area contributed by atoms with Gasteiger partial charge in [0.2, 0.25) is 0 Å². The van der Waals surface area contributed by atoms with Crippen molar-refractivity contribution in [1.29, 1.82) is 0 Å². The van der Waals surface area contributed by atoms with Crippen molar-refractivity contribution in [2.75, 3.05) is 52.8 Å². The van der Waals surface area contributed by atoms with Crippen molar-refractivity contribution in [3.8, 4) is 0 Å². The summed E-state index contributed by atoms with van der Waals surface area (Å²) >= 11 is 0. The summed E-state index contributed by atoms with van der Waals surface area (Å²) in [6, 6.07) is 0. The largest absolute Gasteiger partial charge is 0.379 e. The molecule has 0 aliphatic heterocycles. The average molecular weight is 386 g/mol. The number of Topliss-reactive ketones (excluding diaryl/α,β-unsaturated/α-hetero) is 1. The van der Waals surface area contributed by atoms with Crippen LogP contribution in [0.2, 0.25) is 0 Å². The lowest BCUT2D eigenvalue weighted by Crippen LogP contribution is -2.14. The van der Waals surface area contributed by atoms with E-state index in [1.54, 1.807) is 4.68 Å². The molecule has 1 heterocycles. The molecule has 9 nitrogen and oxygen atoms in total. The van der Waals surface area contributed by atoms with Gasteiger partial charge in [0.05, 0.1) is 65.6 Å². The van der Waals surface area contributed by atoms with Gasteiger partial charge in [-0.25, -0.2) is 4.68 Å². The summed E-state index contributed by atoms with van der Waals surface area (Å²) in [5, 5.41) is 8.08. The standard InChI is InChI=1S/C18H34N4O5/c1-3-16(2)18(23)4-7-24-12-13-27-15-17-14-22(21-20-17)6-9-26-11-10-25-8-5-19/h14,16H,3-13,15,19H2,1-2H3. The zero-order valence-electron chi connectivity index (χ0n) is 16.6. The fraction of sp³-hybridized carbons (Fsp3) is 0.833. The van der Waals surface area contributed by atoms with Crippen LogP contribution in [0.25, 0.3) is 0 Å². The van der Waals surface area contributed by atoms with Gasteiger partial charge in [0, 0.05) is 18.9 Å². The Morgan fingerprint density at radius 2 is 1.74 bits per heavy atom. The Balaban J connectivity index is 1.98. The van der Waals surface area contributed by atoms with Crippen molar-refractivity contribution in [1.82, 2.24) is 15.0 Å². The Labute approximate surface area is 161 Å². The Morgan fingerprint density at radius 1 is 1.07 bits per heavy atom. The first-order valence-electron chi connectivity index (χ1n) is 9.60. The highest BCUT2D eigenvalue weighted by molar-refractivity contribution is 5.80. The molecule has 1 atom stereocenters. The minimum atomic E-state index is 0.113. The molecule has 0 radical (unpaired) electrons. The lowest BCUT2D eigenvalue weighted by molar-refractivity contribution is -0.123. The predicted octanol–water partition coefficient (Wildman–Crippen LogP) is 0.809. The number of ether oxygens (including phenoxy) is 4. The SMILES string of the molecule is CCC(C)C(=O)CCOCCOCc1cn(CCOCCOCCN)nn1. The van der Waals surface area contributed by atoms with Gasteiger partial charge in [0.1, 0.15) is 11.5 Å². The van der Waals surface area contributed by atoms with Crippen LogP contribution in [0, 0.1) is 5.92 Å². The van der Waals surface area contributed by atoms with Crippen molar-refractivity contribution in [3.05, 3.63) is 11.9 Å². The van der Waals surface area contributed by atoms with Crippen LogP contribution < -0.4 is 5.73 Å². The molecule has 0 saturated carbocycles. The van der Waals surface area contributed by atoms with Crippen molar-refractivity contribution < 1.29 is 23.7 Å². The topological polar surface area (TPSA) is 111 Å². The average Bonchev–Trinajstić information content (AvgIpc) is 3.13. The first-order valence-corrected chi connectivity index (χ1v) is 9.60. The zero-order valence-corrected chi connectivity index (χ0v) is 16.6. The minimum absolute atomic E-state index is 0.113. The molecule has 27 heavy (non-hydrogen) atoms. The van der Waals surface area contributed by atoms with E-state index in [1.807, 2.05) is 20.0 Å². The molecule has 156 valence electrons. The number of hydrogen-bond acceptors (Lipinski definition) is 8. The number of aromatic nitrogens is 3. The first-order chi connectivity index (χ1) is 13.2. The van der Waals surface area contributed by atoms with Gasteiger partial charge < -0.3 is 24.7 Å². The Bertz CT molecular complexity index is 498. The third-order valence-electron chi connectivity index (χ3n) is 3.96. The van der Waals surface area contributed by atoms with Gasteiger partial charge in [-0.3, -0.25) is 4.79 Å². The Morgan fingerprint density at radius 3 is 2.44 bits per heavy atom. The van der Waals surface area contributed by atoms with Crippen LogP contribution >= 0.6 is 0 Å². The second-order valence-electron chi connectivity index (χ2n) is 6.18. The van der Waals surface area contributed by atoms with Gasteiger partial charge >= 0.3 is 0 Å². The maximum atomic E-state index is 11.7. The maximum Gasteiger partial charge on any atom is 0.137 e. The van der Waals surface area contributed by atoms with E-state index in [0.29, 0.717) is 72.4 Å². The molecule has 0 bridgehead atoms. The van der Waals surface area contributed by atoms with Gasteiger partial charge in [-0.1, -0.05) is 19.1 Å². The van der Waals surface area contributed by atoms with Crippen molar-refractivity contribution >= 4 is 5.78 Å². The monoisotopic (exact) mass is 386 g/mol. The number of carbonyl (C=O) groups excluding carboxylic acids is 1. The number of ketones is 1. The maximum absolute atomic E-state index is 11.7. The normalized spacial score (nSPS) is 12.4. The van der Waals surface area contributed by atoms with Crippen LogP contribution in [0.4, 0.5) is 0 Å². The number of nitrogens with two attached hydrogens (primary N) is 1. The van der Waals surface area contributed by atoms with E-state index in [1.165, 1.54) is 0 Å². The van der Waals surface area contributed by atoms with Crippen LogP contribution in [-0.2, 0) is 36.9 Å². The molecular weight excluding hydrogens is 352 g/mol. The van der Waals surface area contributed by atoms with E-state index in [2.05, 4.69) is 10.3 Å². The van der Waals surface area contributed by atoms with Crippen molar-refractivity contribution in [2.45, 2.75) is 39.8 Å². The third kappa shape index (κ3) is 11.8. The molecule has 0 fully saturated rings. The van der Waals surface area contributed by atoms with E-state index < -0.39 is 0 Å². The number of rotatable bonds is 18. The van der Waals surface area contributed by atoms with Gasteiger partial charge in [0.25, 0.3) is 0 Å². The molecule has 1 rings (SSSR count). The fourth-order valence-electron chi connectivity index (χ4n) is 2.12. The van der Waals surface area contributed by atoms with Crippen LogP contribution in [0.5, 0.6) is 0 Å². The van der Waals surface area contributed by atoms with Crippen molar-refractivity contribution in [2.24, 2.45) is 11.7 Å². The molecule has 1 aromatic rings. The number of hydrogen-bond donors (Lipinski definition) is 1. The Kier molecular flexibility index (Phi) is 13.7. The summed E-state index contributed by atoms with van der Waals surface area (Å²) in [5.41, 5.74) is 6.08. The number of nitrogens with zero attached hydrogens (tertiary/aromatic N) is 3. The summed E-state index contributed by atoms with van der Waals surface area (Å²) in [7, 11) is 0. The molecule has 0 spiro atoms. The molecule has 0 aromatic carbocycles. The summed E-state index contributed by atoms with van der Waals surface area (Å²) in [4.78, 5) is 11.7. The smallest absolute Gasteiger partial charge is 0.137 e. The lowest BCUT2D eigenvalue weighted by Gasteiger charge is -2.08. The summed E-state index contributed by atoms with van der Waals surface area (Å²) in [5.74, 6) is 0.365. The Hall–Kier alpha value is -1.39. The van der Waals surface area contributed by atoms with E-state index >= 15 is 0 Å². The van der Waals surface area contributed by atoms with Crippen LogP contribution in [0.15, 0.2) is 6.20 Å². The molecule has 0 aliphatic rings. The fourth-order valence-corrected chi connectivity index (χ4v) is 2.12. The van der Waals surface area contributed by atoms with Gasteiger partial charge in [-0.2, -0.15) is 0 Å². The van der Waals surface area contributed by atoms with Crippen molar-refractivity contribution in [3.63, 3.8) is 0 Å². The highest BCUT2D eigenvalue weighted by Crippen LogP contribution is 2.05. The van der Waals surface area contributed by atoms with E-state index in [9.17, 15) is 4.79 Å². The molecule has 1 unspecified atom stereocenters. The van der Waals surface area contributed by atoms with Crippen LogP contribution in [0.1, 0.15) is 32.4 Å². The molecule has 2 N–H and O–H groups in total. The summed E-state index contributed by atoms with van der Waals surface area (Å²) in [6.07, 6.45) is 3.17. The second-order valence-corrected chi connectivity index (χ2v) is 6.18. The van der Waals surface area contributed by atoms with E-state index in [-0.39, 0.29) is 11.7 Å². The predicted molar refractivity (Wildman–Crippen MR) is 100 cm³/mol. The lowest BCUT2D eigenvalue weighted by atomic mass is 10.0.